The van der Waals surface area contributed by atoms with Crippen LogP contribution in [-0.2, 0) is 24.9 Å². The first-order valence-corrected chi connectivity index (χ1v) is 8.13. The van der Waals surface area contributed by atoms with E-state index in [2.05, 4.69) is 29.6 Å². The minimum Gasteiger partial charge on any atom is -0.467 e. The van der Waals surface area contributed by atoms with Crippen molar-refractivity contribution in [3.05, 3.63) is 35.4 Å². The van der Waals surface area contributed by atoms with Gasteiger partial charge in [-0.15, -0.1) is 12.4 Å². The standard InChI is InChI=1S/C17H27N5O2.ClH/c1-12(2)16-14(17(21(3)4)22(5)20-16)10-18-11-15(23)19-9-13-7-6-8-24-13;/h6-8,12,18H,9-11H2,1-5H3,(H,19,23);1H. The van der Waals surface area contributed by atoms with Gasteiger partial charge >= 0.3 is 0 Å². The molecule has 0 unspecified atom stereocenters. The first kappa shape index (κ1) is 21.1. The Bertz CT molecular complexity index is 665. The summed E-state index contributed by atoms with van der Waals surface area (Å²) in [6.07, 6.45) is 1.60. The Morgan fingerprint density at radius 3 is 2.64 bits per heavy atom. The van der Waals surface area contributed by atoms with E-state index in [1.807, 2.05) is 36.8 Å². The lowest BCUT2D eigenvalue weighted by molar-refractivity contribution is -0.120. The third-order valence-corrected chi connectivity index (χ3v) is 3.74. The Morgan fingerprint density at radius 1 is 1.36 bits per heavy atom. The Hall–Kier alpha value is -1.99. The highest BCUT2D eigenvalue weighted by Crippen LogP contribution is 2.26. The van der Waals surface area contributed by atoms with Crippen molar-refractivity contribution in [2.75, 3.05) is 25.5 Å². The van der Waals surface area contributed by atoms with Crippen molar-refractivity contribution in [2.24, 2.45) is 7.05 Å². The first-order chi connectivity index (χ1) is 11.4. The number of carbonyl (C=O) groups excluding carboxylic acids is 1. The van der Waals surface area contributed by atoms with Crippen LogP contribution in [0.2, 0.25) is 0 Å². The number of carbonyl (C=O) groups is 1. The quantitative estimate of drug-likeness (QED) is 0.744. The molecule has 0 radical (unpaired) electrons. The van der Waals surface area contributed by atoms with E-state index in [1.165, 1.54) is 0 Å². The summed E-state index contributed by atoms with van der Waals surface area (Å²) in [4.78, 5) is 14.0. The van der Waals surface area contributed by atoms with Crippen molar-refractivity contribution in [1.82, 2.24) is 20.4 Å². The first-order valence-electron chi connectivity index (χ1n) is 8.13. The molecule has 2 aromatic rings. The lowest BCUT2D eigenvalue weighted by atomic mass is 10.1. The van der Waals surface area contributed by atoms with Crippen molar-refractivity contribution < 1.29 is 9.21 Å². The topological polar surface area (TPSA) is 75.3 Å². The minimum absolute atomic E-state index is 0. The van der Waals surface area contributed by atoms with Crippen molar-refractivity contribution in [2.45, 2.75) is 32.9 Å². The number of furan rings is 1. The van der Waals surface area contributed by atoms with Crippen LogP contribution >= 0.6 is 12.4 Å². The number of nitrogens with zero attached hydrogens (tertiary/aromatic N) is 3. The summed E-state index contributed by atoms with van der Waals surface area (Å²) in [5.74, 6) is 2.07. The predicted molar refractivity (Wildman–Crippen MR) is 101 cm³/mol. The van der Waals surface area contributed by atoms with Gasteiger partial charge in [0.25, 0.3) is 0 Å². The molecule has 2 aromatic heterocycles. The summed E-state index contributed by atoms with van der Waals surface area (Å²) in [6, 6.07) is 3.64. The maximum atomic E-state index is 11.9. The van der Waals surface area contributed by atoms with Gasteiger partial charge < -0.3 is 20.0 Å². The number of halogens is 1. The van der Waals surface area contributed by atoms with E-state index in [0.29, 0.717) is 19.0 Å². The number of aromatic nitrogens is 2. The van der Waals surface area contributed by atoms with Crippen LogP contribution in [-0.4, -0.2) is 36.3 Å². The maximum Gasteiger partial charge on any atom is 0.234 e. The number of amides is 1. The Labute approximate surface area is 155 Å². The van der Waals surface area contributed by atoms with Crippen molar-refractivity contribution >= 4 is 24.1 Å². The highest BCUT2D eigenvalue weighted by atomic mass is 35.5. The fraction of sp³-hybridized carbons (Fsp3) is 0.529. The lowest BCUT2D eigenvalue weighted by Crippen LogP contribution is -2.33. The Balaban J connectivity index is 0.00000312. The fourth-order valence-electron chi connectivity index (χ4n) is 2.73. The van der Waals surface area contributed by atoms with Gasteiger partial charge in [-0.2, -0.15) is 5.10 Å². The summed E-state index contributed by atoms with van der Waals surface area (Å²) >= 11 is 0. The SMILES string of the molecule is CC(C)c1nn(C)c(N(C)C)c1CNCC(=O)NCc1ccco1.Cl. The van der Waals surface area contributed by atoms with Gasteiger partial charge in [0.05, 0.1) is 25.0 Å². The second-order valence-corrected chi connectivity index (χ2v) is 6.32. The smallest absolute Gasteiger partial charge is 0.234 e. The molecule has 0 bridgehead atoms. The number of anilines is 1. The molecule has 0 saturated heterocycles. The average molecular weight is 370 g/mol. The third-order valence-electron chi connectivity index (χ3n) is 3.74. The summed E-state index contributed by atoms with van der Waals surface area (Å²) in [5, 5.41) is 10.7. The molecule has 8 heteroatoms. The van der Waals surface area contributed by atoms with Gasteiger partial charge in [0, 0.05) is 33.3 Å². The number of nitrogens with one attached hydrogen (secondary N) is 2. The second-order valence-electron chi connectivity index (χ2n) is 6.32. The largest absolute Gasteiger partial charge is 0.467 e. The van der Waals surface area contributed by atoms with Gasteiger partial charge in [-0.1, -0.05) is 13.8 Å². The molecule has 0 aliphatic carbocycles. The highest BCUT2D eigenvalue weighted by molar-refractivity contribution is 5.85. The minimum atomic E-state index is -0.0622. The van der Waals surface area contributed by atoms with Gasteiger partial charge in [0.2, 0.25) is 5.91 Å². The van der Waals surface area contributed by atoms with E-state index in [-0.39, 0.29) is 24.9 Å². The van der Waals surface area contributed by atoms with Gasteiger partial charge in [0.1, 0.15) is 11.6 Å². The zero-order valence-corrected chi connectivity index (χ0v) is 16.3. The number of rotatable bonds is 8. The van der Waals surface area contributed by atoms with Crippen LogP contribution < -0.4 is 15.5 Å². The Morgan fingerprint density at radius 2 is 2.08 bits per heavy atom. The van der Waals surface area contributed by atoms with E-state index in [9.17, 15) is 4.79 Å². The summed E-state index contributed by atoms with van der Waals surface area (Å²) in [5.41, 5.74) is 2.20. The van der Waals surface area contributed by atoms with Crippen LogP contribution in [0.5, 0.6) is 0 Å². The second kappa shape index (κ2) is 9.48. The van der Waals surface area contributed by atoms with Crippen LogP contribution in [0, 0.1) is 0 Å². The number of hydrogen-bond donors (Lipinski definition) is 2. The molecule has 140 valence electrons. The van der Waals surface area contributed by atoms with Crippen LogP contribution in [0.1, 0.15) is 36.8 Å². The molecular formula is C17H28ClN5O2. The van der Waals surface area contributed by atoms with E-state index in [4.69, 9.17) is 4.42 Å². The van der Waals surface area contributed by atoms with E-state index in [0.717, 1.165) is 22.8 Å². The zero-order valence-electron chi connectivity index (χ0n) is 15.5. The summed E-state index contributed by atoms with van der Waals surface area (Å²) < 4.78 is 7.09. The molecule has 2 heterocycles. The molecule has 1 amide bonds. The van der Waals surface area contributed by atoms with E-state index in [1.54, 1.807) is 12.3 Å². The normalized spacial score (nSPS) is 10.6. The van der Waals surface area contributed by atoms with E-state index < -0.39 is 0 Å². The summed E-state index contributed by atoms with van der Waals surface area (Å²) in [7, 11) is 5.95. The molecule has 0 fully saturated rings. The van der Waals surface area contributed by atoms with Gasteiger partial charge in [-0.3, -0.25) is 9.48 Å². The van der Waals surface area contributed by atoms with Gasteiger partial charge in [-0.05, 0) is 18.1 Å². The number of hydrogen-bond acceptors (Lipinski definition) is 5. The number of aryl methyl sites for hydroxylation is 1. The molecule has 0 aromatic carbocycles. The zero-order chi connectivity index (χ0) is 17.7. The van der Waals surface area contributed by atoms with Gasteiger partial charge in [0.15, 0.2) is 0 Å². The van der Waals surface area contributed by atoms with Crippen molar-refractivity contribution in [3.63, 3.8) is 0 Å². The molecule has 2 N–H and O–H groups in total. The molecule has 0 spiro atoms. The van der Waals surface area contributed by atoms with Crippen LogP contribution in [0.15, 0.2) is 22.8 Å². The molecule has 0 saturated carbocycles. The lowest BCUT2D eigenvalue weighted by Gasteiger charge is -2.16. The highest BCUT2D eigenvalue weighted by Gasteiger charge is 2.19. The van der Waals surface area contributed by atoms with E-state index >= 15 is 0 Å². The molecular weight excluding hydrogens is 342 g/mol. The summed E-state index contributed by atoms with van der Waals surface area (Å²) in [6.45, 7) is 5.51. The Kier molecular flexibility index (Phi) is 7.99. The van der Waals surface area contributed by atoms with Crippen LogP contribution in [0.25, 0.3) is 0 Å². The van der Waals surface area contributed by atoms with Crippen molar-refractivity contribution in [1.29, 1.82) is 0 Å². The molecule has 0 aliphatic heterocycles. The molecule has 25 heavy (non-hydrogen) atoms. The van der Waals surface area contributed by atoms with Gasteiger partial charge in [-0.25, -0.2) is 0 Å². The molecule has 0 atom stereocenters. The fourth-order valence-corrected chi connectivity index (χ4v) is 2.73. The maximum absolute atomic E-state index is 11.9. The monoisotopic (exact) mass is 369 g/mol. The van der Waals surface area contributed by atoms with Crippen LogP contribution in [0.4, 0.5) is 5.82 Å². The van der Waals surface area contributed by atoms with Crippen LogP contribution in [0.3, 0.4) is 0 Å². The van der Waals surface area contributed by atoms with Crippen molar-refractivity contribution in [3.8, 4) is 0 Å². The molecule has 0 aliphatic rings. The predicted octanol–water partition coefficient (Wildman–Crippen LogP) is 2.03. The molecule has 7 nitrogen and oxygen atoms in total. The molecule has 2 rings (SSSR count). The average Bonchev–Trinajstić information content (AvgIpc) is 3.12. The third kappa shape index (κ3) is 5.51.